The van der Waals surface area contributed by atoms with E-state index in [1.165, 1.54) is 45.8 Å². The van der Waals surface area contributed by atoms with Gasteiger partial charge in [0.05, 0.1) is 0 Å². The van der Waals surface area contributed by atoms with E-state index in [-0.39, 0.29) is 30.9 Å². The summed E-state index contributed by atoms with van der Waals surface area (Å²) in [7, 11) is 0. The van der Waals surface area contributed by atoms with Crippen molar-refractivity contribution in [3.05, 3.63) is 113 Å². The summed E-state index contributed by atoms with van der Waals surface area (Å²) in [6.45, 7) is 7.19. The maximum Gasteiger partial charge on any atom is 0.412 e. The number of hydrogen-bond acceptors (Lipinski definition) is 10. The summed E-state index contributed by atoms with van der Waals surface area (Å²) in [6, 6.07) is 20.9. The minimum Gasteiger partial charge on any atom is -0.448 e. The van der Waals surface area contributed by atoms with Crippen molar-refractivity contribution >= 4 is 59.2 Å². The van der Waals surface area contributed by atoms with Crippen molar-refractivity contribution in [2.45, 2.75) is 56.9 Å². The molecule has 0 spiro atoms. The van der Waals surface area contributed by atoms with Crippen molar-refractivity contribution in [3.8, 4) is 0 Å². The van der Waals surface area contributed by atoms with Gasteiger partial charge in [-0.25, -0.2) is 14.4 Å². The zero-order valence-corrected chi connectivity index (χ0v) is 32.0. The number of nitrogens with one attached hydrogen (secondary N) is 3. The molecule has 2 fully saturated rings. The minimum absolute atomic E-state index is 0.0495. The highest BCUT2D eigenvalue weighted by atomic mass is 32.2. The molecule has 0 aromatic heterocycles. The van der Waals surface area contributed by atoms with Gasteiger partial charge in [0.15, 0.2) is 6.10 Å². The van der Waals surface area contributed by atoms with Crippen molar-refractivity contribution in [2.24, 2.45) is 0 Å². The average Bonchev–Trinajstić information content (AvgIpc) is 3.18. The number of nitrogens with zero attached hydrogens (tertiary/aromatic N) is 3. The lowest BCUT2D eigenvalue weighted by Gasteiger charge is -2.48. The molecule has 7 amide bonds. The maximum absolute atomic E-state index is 14.0. The second kappa shape index (κ2) is 16.7. The van der Waals surface area contributed by atoms with Crippen LogP contribution in [-0.4, -0.2) is 98.8 Å². The van der Waals surface area contributed by atoms with Crippen LogP contribution in [0.25, 0.3) is 0 Å². The second-order valence-corrected chi connectivity index (χ2v) is 15.2. The fraction of sp³-hybridized carbons (Fsp3) is 0.325. The number of esters is 1. The van der Waals surface area contributed by atoms with Crippen LogP contribution in [0.3, 0.4) is 0 Å². The number of imide groups is 1. The van der Waals surface area contributed by atoms with Crippen molar-refractivity contribution in [1.29, 1.82) is 0 Å². The van der Waals surface area contributed by atoms with E-state index < -0.39 is 70.9 Å². The number of hydrogen-bond donors (Lipinski definition) is 3. The van der Waals surface area contributed by atoms with Gasteiger partial charge in [0, 0.05) is 31.1 Å². The molecule has 0 aliphatic carbocycles. The standard InChI is InChI=1S/C40H42N6O9S/c1-5-44-21-22-45(35(50)34(44)49)38(52)43-29(24-16-18-27(19-17-24)41-39(53)55-40(2,3)4)32(47)42-30-33(48)46-28(20-23-56-36(30)46)37(51)54-31(25-12-8-6-9-13-25)26-14-10-7-11-15-26/h6-20,29-31,36H,5,21-23H2,1-4H3,(H,41,53)(H,42,47)(H,43,52)/t29-,30-,36-/m1/s1. The third kappa shape index (κ3) is 8.70. The van der Waals surface area contributed by atoms with Crippen molar-refractivity contribution in [1.82, 2.24) is 25.3 Å². The summed E-state index contributed by atoms with van der Waals surface area (Å²) >= 11 is 1.33. The normalized spacial score (nSPS) is 18.6. The van der Waals surface area contributed by atoms with E-state index in [1.807, 2.05) is 60.7 Å². The van der Waals surface area contributed by atoms with Crippen molar-refractivity contribution < 1.29 is 43.0 Å². The number of fused-ring (bicyclic) bond motifs is 1. The molecule has 3 aliphatic heterocycles. The Kier molecular flexibility index (Phi) is 11.8. The molecule has 3 aliphatic rings. The van der Waals surface area contributed by atoms with E-state index in [0.29, 0.717) is 11.4 Å². The molecule has 3 atom stereocenters. The number of rotatable bonds is 10. The van der Waals surface area contributed by atoms with Gasteiger partial charge in [-0.05, 0) is 62.6 Å². The van der Waals surface area contributed by atoms with Crippen molar-refractivity contribution in [2.75, 3.05) is 30.7 Å². The molecule has 3 N–H and O–H groups in total. The SMILES string of the molecule is CCN1CCN(C(=O)N[C@@H](C(=O)N[C@@H]2C(=O)N3C(C(=O)OC(c4ccccc4)c4ccccc4)=CCS[C@H]23)c2ccc(NC(=O)OC(C)(C)C)cc2)C(=O)C1=O. The number of carbonyl (C=O) groups is 7. The van der Waals surface area contributed by atoms with Gasteiger partial charge in [-0.15, -0.1) is 11.8 Å². The first-order chi connectivity index (χ1) is 26.8. The molecular weight excluding hydrogens is 741 g/mol. The second-order valence-electron chi connectivity index (χ2n) is 14.1. The molecule has 16 heteroatoms. The lowest BCUT2D eigenvalue weighted by Crippen LogP contribution is -2.71. The van der Waals surface area contributed by atoms with Crippen LogP contribution in [0.4, 0.5) is 15.3 Å². The smallest absolute Gasteiger partial charge is 0.412 e. The van der Waals surface area contributed by atoms with Crippen LogP contribution in [0, 0.1) is 0 Å². The molecule has 0 saturated carbocycles. The first-order valence-electron chi connectivity index (χ1n) is 18.0. The van der Waals surface area contributed by atoms with Crippen LogP contribution < -0.4 is 16.0 Å². The zero-order valence-electron chi connectivity index (χ0n) is 31.2. The Morgan fingerprint density at radius 1 is 0.839 bits per heavy atom. The number of β-lactam (4-membered cyclic amide) rings is 1. The molecule has 2 saturated heterocycles. The quantitative estimate of drug-likeness (QED) is 0.154. The third-order valence-electron chi connectivity index (χ3n) is 9.14. The fourth-order valence-corrected chi connectivity index (χ4v) is 7.56. The van der Waals surface area contributed by atoms with E-state index in [0.717, 1.165) is 16.0 Å². The first-order valence-corrected chi connectivity index (χ1v) is 19.1. The van der Waals surface area contributed by atoms with Gasteiger partial charge in [-0.3, -0.25) is 34.3 Å². The van der Waals surface area contributed by atoms with E-state index in [9.17, 15) is 33.6 Å². The number of anilines is 1. The first kappa shape index (κ1) is 39.5. The van der Waals surface area contributed by atoms with Crippen LogP contribution in [0.5, 0.6) is 0 Å². The number of thioether (sulfide) groups is 1. The molecule has 292 valence electrons. The lowest BCUT2D eigenvalue weighted by atomic mass is 10.0. The summed E-state index contributed by atoms with van der Waals surface area (Å²) < 4.78 is 11.3. The fourth-order valence-electron chi connectivity index (χ4n) is 6.37. The van der Waals surface area contributed by atoms with Gasteiger partial charge in [0.2, 0.25) is 5.91 Å². The van der Waals surface area contributed by atoms with Crippen molar-refractivity contribution in [3.63, 3.8) is 0 Å². The number of carbonyl (C=O) groups excluding carboxylic acids is 7. The highest BCUT2D eigenvalue weighted by Crippen LogP contribution is 2.39. The Balaban J connectivity index is 1.18. The Morgan fingerprint density at radius 3 is 2.05 bits per heavy atom. The largest absolute Gasteiger partial charge is 0.448 e. The summed E-state index contributed by atoms with van der Waals surface area (Å²) in [6.07, 6.45) is 0.167. The summed E-state index contributed by atoms with van der Waals surface area (Å²) in [5.41, 5.74) is 1.38. The molecule has 3 aromatic carbocycles. The molecule has 3 heterocycles. The predicted octanol–water partition coefficient (Wildman–Crippen LogP) is 4.09. The summed E-state index contributed by atoms with van der Waals surface area (Å²) in [5, 5.41) is 7.21. The third-order valence-corrected chi connectivity index (χ3v) is 10.3. The minimum atomic E-state index is -1.45. The van der Waals surface area contributed by atoms with Crippen LogP contribution in [0.15, 0.2) is 96.7 Å². The summed E-state index contributed by atoms with van der Waals surface area (Å²) in [4.78, 5) is 96.0. The average molecular weight is 783 g/mol. The van der Waals surface area contributed by atoms with Crippen LogP contribution in [0.2, 0.25) is 0 Å². The van der Waals surface area contributed by atoms with Gasteiger partial charge in [-0.2, -0.15) is 0 Å². The Hall–Kier alpha value is -6.16. The number of piperazine rings is 1. The summed E-state index contributed by atoms with van der Waals surface area (Å²) in [5.74, 6) is -3.60. The van der Waals surface area contributed by atoms with Gasteiger partial charge in [0.1, 0.15) is 28.8 Å². The monoisotopic (exact) mass is 782 g/mol. The molecule has 0 radical (unpaired) electrons. The highest BCUT2D eigenvalue weighted by Gasteiger charge is 2.53. The number of amides is 7. The molecule has 0 unspecified atom stereocenters. The zero-order chi connectivity index (χ0) is 40.1. The van der Waals surface area contributed by atoms with Gasteiger partial charge >= 0.3 is 29.9 Å². The van der Waals surface area contributed by atoms with Gasteiger partial charge in [0.25, 0.3) is 5.91 Å². The van der Waals surface area contributed by atoms with Crippen LogP contribution in [0.1, 0.15) is 56.5 Å². The van der Waals surface area contributed by atoms with E-state index >= 15 is 0 Å². The number of ether oxygens (including phenoxy) is 2. The molecule has 56 heavy (non-hydrogen) atoms. The van der Waals surface area contributed by atoms with E-state index in [1.54, 1.807) is 33.8 Å². The van der Waals surface area contributed by atoms with Gasteiger partial charge in [-0.1, -0.05) is 72.8 Å². The number of benzene rings is 3. The van der Waals surface area contributed by atoms with Gasteiger partial charge < -0.3 is 25.0 Å². The molecule has 6 rings (SSSR count). The van der Waals surface area contributed by atoms with Crippen LogP contribution in [-0.2, 0) is 33.4 Å². The predicted molar refractivity (Wildman–Crippen MR) is 205 cm³/mol. The maximum atomic E-state index is 14.0. The molecule has 15 nitrogen and oxygen atoms in total. The number of likely N-dealkylation sites (N-methyl/N-ethyl adjacent to an activating group) is 1. The highest BCUT2D eigenvalue weighted by molar-refractivity contribution is 8.00. The van der Waals surface area contributed by atoms with E-state index in [4.69, 9.17) is 9.47 Å². The Bertz CT molecular complexity index is 2000. The number of urea groups is 1. The van der Waals surface area contributed by atoms with E-state index in [2.05, 4.69) is 16.0 Å². The Morgan fingerprint density at radius 2 is 1.46 bits per heavy atom. The molecule has 0 bridgehead atoms. The topological polar surface area (TPSA) is 184 Å². The molecular formula is C40H42N6O9S. The van der Waals surface area contributed by atoms with Crippen LogP contribution >= 0.6 is 11.8 Å². The molecule has 3 aromatic rings. The Labute approximate surface area is 327 Å². The lowest BCUT2D eigenvalue weighted by molar-refractivity contribution is -0.154.